The van der Waals surface area contributed by atoms with Gasteiger partial charge in [-0.25, -0.2) is 19.6 Å². The molecule has 2 saturated heterocycles. The summed E-state index contributed by atoms with van der Waals surface area (Å²) in [7, 11) is 2.55. The number of likely N-dealkylation sites (tertiary alicyclic amines) is 2. The molecule has 0 unspecified atom stereocenters. The number of fused-ring (bicyclic) bond motifs is 1. The van der Waals surface area contributed by atoms with E-state index in [1.165, 1.54) is 25.6 Å². The first kappa shape index (κ1) is 37.4. The van der Waals surface area contributed by atoms with Gasteiger partial charge in [0, 0.05) is 18.7 Å². The average molecular weight is 787 g/mol. The molecule has 2 aliphatic heterocycles. The van der Waals surface area contributed by atoms with Gasteiger partial charge < -0.3 is 39.9 Å². The summed E-state index contributed by atoms with van der Waals surface area (Å²) < 4.78 is 9.40. The van der Waals surface area contributed by atoms with Crippen LogP contribution < -0.4 is 10.6 Å². The first-order valence-corrected chi connectivity index (χ1v) is 19.8. The predicted molar refractivity (Wildman–Crippen MR) is 215 cm³/mol. The Morgan fingerprint density at radius 3 is 1.98 bits per heavy atom. The minimum absolute atomic E-state index is 0.124. The second-order valence-electron chi connectivity index (χ2n) is 14.1. The number of thiophene rings is 1. The summed E-state index contributed by atoms with van der Waals surface area (Å²) >= 11 is 1.46. The van der Waals surface area contributed by atoms with Gasteiger partial charge in [-0.3, -0.25) is 9.59 Å². The summed E-state index contributed by atoms with van der Waals surface area (Å²) in [6.07, 6.45) is 5.55. The van der Waals surface area contributed by atoms with E-state index in [2.05, 4.69) is 91.0 Å². The molecule has 3 aromatic carbocycles. The lowest BCUT2D eigenvalue weighted by Gasteiger charge is -2.28. The average Bonchev–Trinajstić information content (AvgIpc) is 4.10. The summed E-state index contributed by atoms with van der Waals surface area (Å²) in [4.78, 5) is 70.0. The van der Waals surface area contributed by atoms with Gasteiger partial charge in [-0.1, -0.05) is 48.5 Å². The highest BCUT2D eigenvalue weighted by Gasteiger charge is 2.37. The Labute approximate surface area is 332 Å². The van der Waals surface area contributed by atoms with Crippen molar-refractivity contribution >= 4 is 46.1 Å². The van der Waals surface area contributed by atoms with E-state index < -0.39 is 18.2 Å². The molecular formula is C42H42N8O6S. The minimum atomic E-state index is -0.841. The van der Waals surface area contributed by atoms with Crippen LogP contribution in [0.1, 0.15) is 61.0 Å². The number of aromatic nitrogens is 4. The van der Waals surface area contributed by atoms with E-state index in [1.54, 1.807) is 22.2 Å². The fourth-order valence-electron chi connectivity index (χ4n) is 7.80. The number of nitrogens with one attached hydrogen (secondary N) is 4. The van der Waals surface area contributed by atoms with E-state index in [1.807, 2.05) is 16.8 Å². The Balaban J connectivity index is 0.936. The highest BCUT2D eigenvalue weighted by molar-refractivity contribution is 7.08. The van der Waals surface area contributed by atoms with Gasteiger partial charge in [-0.15, -0.1) is 0 Å². The topological polar surface area (TPSA) is 175 Å². The summed E-state index contributed by atoms with van der Waals surface area (Å²) in [6, 6.07) is 21.6. The maximum Gasteiger partial charge on any atom is 0.407 e. The molecule has 6 aromatic rings. The zero-order valence-corrected chi connectivity index (χ0v) is 32.3. The largest absolute Gasteiger partial charge is 0.453 e. The molecule has 292 valence electrons. The van der Waals surface area contributed by atoms with Gasteiger partial charge in [0.25, 0.3) is 5.91 Å². The normalized spacial score (nSPS) is 17.1. The number of imidazole rings is 2. The van der Waals surface area contributed by atoms with E-state index in [0.29, 0.717) is 18.9 Å². The number of methoxy groups -OCH3 is 2. The quantitative estimate of drug-likeness (QED) is 0.114. The maximum atomic E-state index is 13.8. The standard InChI is InChI=1S/C42H42N8O6S/c1-55-41(53)45-23-36(51)49-16-3-5-34(49)38-44-22-33(47-38)30-14-13-28-19-27(11-12-29(28)20-30)25-7-9-26(10-8-25)32-21-43-39(46-32)35-6-4-17-50(35)40(52)37(48-42(54)56-2)31-15-18-57-24-31/h7-15,18-22,24,34-35,37H,3-6,16-17,23H2,1-2H3,(H,43,46)(H,44,47)(H,45,53)(H,48,54)/t34-,35-,37+/m0/s1. The van der Waals surface area contributed by atoms with E-state index in [0.717, 1.165) is 81.5 Å². The second-order valence-corrected chi connectivity index (χ2v) is 14.9. The second kappa shape index (κ2) is 16.3. The summed E-state index contributed by atoms with van der Waals surface area (Å²) in [6.45, 7) is 1.05. The van der Waals surface area contributed by atoms with Gasteiger partial charge >= 0.3 is 12.2 Å². The number of nitrogens with zero attached hydrogens (tertiary/aromatic N) is 4. The van der Waals surface area contributed by atoms with Crippen LogP contribution in [0.4, 0.5) is 9.59 Å². The van der Waals surface area contributed by atoms with Crippen molar-refractivity contribution in [3.05, 3.63) is 107 Å². The number of carbonyl (C=O) groups excluding carboxylic acids is 4. The van der Waals surface area contributed by atoms with Crippen LogP contribution in [0.15, 0.2) is 89.9 Å². The van der Waals surface area contributed by atoms with Crippen molar-refractivity contribution in [3.8, 4) is 33.6 Å². The third-order valence-corrected chi connectivity index (χ3v) is 11.5. The molecule has 0 spiro atoms. The Morgan fingerprint density at radius 2 is 1.33 bits per heavy atom. The molecule has 0 bridgehead atoms. The lowest BCUT2D eigenvalue weighted by atomic mass is 9.98. The Morgan fingerprint density at radius 1 is 0.754 bits per heavy atom. The summed E-state index contributed by atoms with van der Waals surface area (Å²) in [5, 5.41) is 11.1. The molecule has 3 aromatic heterocycles. The number of amides is 4. The van der Waals surface area contributed by atoms with E-state index in [9.17, 15) is 19.2 Å². The van der Waals surface area contributed by atoms with Crippen LogP contribution in [-0.2, 0) is 19.1 Å². The monoisotopic (exact) mass is 786 g/mol. The molecule has 14 nitrogen and oxygen atoms in total. The number of aromatic amines is 2. The summed E-state index contributed by atoms with van der Waals surface area (Å²) in [5.74, 6) is 1.07. The number of carbonyl (C=O) groups is 4. The molecule has 15 heteroatoms. The van der Waals surface area contributed by atoms with Crippen molar-refractivity contribution in [1.82, 2.24) is 40.4 Å². The summed E-state index contributed by atoms with van der Waals surface area (Å²) in [5.41, 5.74) is 6.57. The first-order chi connectivity index (χ1) is 27.8. The number of hydrogen-bond donors (Lipinski definition) is 4. The van der Waals surface area contributed by atoms with Crippen LogP contribution in [-0.4, -0.2) is 87.6 Å². The first-order valence-electron chi connectivity index (χ1n) is 18.8. The minimum Gasteiger partial charge on any atom is -0.453 e. The van der Waals surface area contributed by atoms with Crippen molar-refractivity contribution < 1.29 is 28.7 Å². The van der Waals surface area contributed by atoms with Crippen molar-refractivity contribution in [3.63, 3.8) is 0 Å². The number of alkyl carbamates (subject to hydrolysis) is 2. The van der Waals surface area contributed by atoms with Gasteiger partial charge in [0.1, 0.15) is 24.2 Å². The molecule has 57 heavy (non-hydrogen) atoms. The SMILES string of the molecule is COC(=O)NCC(=O)N1CCC[C@H]1c1ncc(-c2ccc3cc(-c4ccc(-c5cnc([C@@H]6CCCN6C(=O)[C@H](NC(=O)OC)c6ccsc6)[nH]5)cc4)ccc3c2)[nH]1. The third-order valence-electron chi connectivity index (χ3n) is 10.8. The van der Waals surface area contributed by atoms with Crippen LogP contribution in [0, 0.1) is 0 Å². The lowest BCUT2D eigenvalue weighted by molar-refractivity contribution is -0.134. The number of ether oxygens (including phenoxy) is 2. The van der Waals surface area contributed by atoms with Crippen LogP contribution in [0.2, 0.25) is 0 Å². The molecule has 5 heterocycles. The maximum absolute atomic E-state index is 13.8. The fraction of sp³-hybridized carbons (Fsp3) is 0.286. The van der Waals surface area contributed by atoms with Gasteiger partial charge in [-0.2, -0.15) is 11.3 Å². The van der Waals surface area contributed by atoms with Crippen molar-refractivity contribution in [2.45, 2.75) is 43.8 Å². The van der Waals surface area contributed by atoms with Gasteiger partial charge in [0.2, 0.25) is 5.91 Å². The van der Waals surface area contributed by atoms with Crippen LogP contribution in [0.3, 0.4) is 0 Å². The Kier molecular flexibility index (Phi) is 10.7. The van der Waals surface area contributed by atoms with Gasteiger partial charge in [0.05, 0.1) is 50.1 Å². The smallest absolute Gasteiger partial charge is 0.407 e. The van der Waals surface area contributed by atoms with E-state index in [4.69, 9.17) is 9.72 Å². The van der Waals surface area contributed by atoms with Crippen molar-refractivity contribution in [2.75, 3.05) is 33.9 Å². The number of rotatable bonds is 10. The molecule has 0 aliphatic carbocycles. The molecular weight excluding hydrogens is 745 g/mol. The molecule has 0 saturated carbocycles. The molecule has 2 aliphatic rings. The lowest BCUT2D eigenvalue weighted by Crippen LogP contribution is -2.42. The Bertz CT molecular complexity index is 2410. The predicted octanol–water partition coefficient (Wildman–Crippen LogP) is 7.13. The van der Waals surface area contributed by atoms with Crippen LogP contribution in [0.25, 0.3) is 44.4 Å². The highest BCUT2D eigenvalue weighted by atomic mass is 32.1. The highest BCUT2D eigenvalue weighted by Crippen LogP contribution is 2.36. The molecule has 2 fully saturated rings. The molecule has 3 atom stereocenters. The molecule has 4 N–H and O–H groups in total. The van der Waals surface area contributed by atoms with E-state index >= 15 is 0 Å². The number of benzene rings is 3. The van der Waals surface area contributed by atoms with Crippen LogP contribution >= 0.6 is 11.3 Å². The van der Waals surface area contributed by atoms with Crippen molar-refractivity contribution in [1.29, 1.82) is 0 Å². The zero-order chi connectivity index (χ0) is 39.5. The van der Waals surface area contributed by atoms with Gasteiger partial charge in [0.15, 0.2) is 0 Å². The molecule has 4 amide bonds. The van der Waals surface area contributed by atoms with Crippen molar-refractivity contribution in [2.24, 2.45) is 0 Å². The van der Waals surface area contributed by atoms with Gasteiger partial charge in [-0.05, 0) is 87.7 Å². The van der Waals surface area contributed by atoms with Crippen LogP contribution in [0.5, 0.6) is 0 Å². The number of hydrogen-bond acceptors (Lipinski definition) is 9. The third kappa shape index (κ3) is 7.83. The molecule has 0 radical (unpaired) electrons. The number of H-pyrrole nitrogens is 2. The fourth-order valence-corrected chi connectivity index (χ4v) is 8.48. The Hall–Kier alpha value is -6.48. The molecule has 8 rings (SSSR count). The zero-order valence-electron chi connectivity index (χ0n) is 31.5. The van der Waals surface area contributed by atoms with E-state index in [-0.39, 0.29) is 30.4 Å².